The molecular weight excluding hydrogens is 294 g/mol. The summed E-state index contributed by atoms with van der Waals surface area (Å²) >= 11 is 0. The van der Waals surface area contributed by atoms with Crippen LogP contribution in [0.2, 0.25) is 0 Å². The largest absolute Gasteiger partial charge is 0.379 e. The minimum absolute atomic E-state index is 0.391. The van der Waals surface area contributed by atoms with Gasteiger partial charge in [0.1, 0.15) is 0 Å². The first-order chi connectivity index (χ1) is 11.9. The molecule has 3 aromatic carbocycles. The predicted octanol–water partition coefficient (Wildman–Crippen LogP) is 4.46. The van der Waals surface area contributed by atoms with Gasteiger partial charge in [-0.15, -0.1) is 0 Å². The topological polar surface area (TPSA) is 12.5 Å². The van der Waals surface area contributed by atoms with Crippen LogP contribution in [0.15, 0.2) is 72.8 Å². The maximum atomic E-state index is 5.58. The van der Waals surface area contributed by atoms with E-state index in [4.69, 9.17) is 4.74 Å². The highest BCUT2D eigenvalue weighted by Gasteiger charge is 2.24. The Kier molecular flexibility index (Phi) is 4.59. The van der Waals surface area contributed by atoms with Crippen molar-refractivity contribution in [3.8, 4) is 0 Å². The number of ether oxygens (including phenoxy) is 1. The molecule has 0 amide bonds. The number of hydrogen-bond donors (Lipinski definition) is 0. The average molecular weight is 317 g/mol. The molecule has 0 radical (unpaired) electrons. The van der Waals surface area contributed by atoms with Crippen LogP contribution in [-0.2, 0) is 11.2 Å². The SMILES string of the molecule is c1ccc(C[C@@H](c2cccc3ccccc23)N2CCOCC2)cc1. The summed E-state index contributed by atoms with van der Waals surface area (Å²) in [4.78, 5) is 2.58. The standard InChI is InChI=1S/C22H23NO/c1-2-7-18(8-3-1)17-22(23-13-15-24-16-14-23)21-12-6-10-19-9-4-5-11-20(19)21/h1-12,22H,13-17H2/t22-/m0/s1. The second-order valence-corrected chi connectivity index (χ2v) is 6.42. The maximum Gasteiger partial charge on any atom is 0.0594 e. The summed E-state index contributed by atoms with van der Waals surface area (Å²) in [7, 11) is 0. The van der Waals surface area contributed by atoms with E-state index >= 15 is 0 Å². The van der Waals surface area contributed by atoms with Crippen molar-refractivity contribution in [2.45, 2.75) is 12.5 Å². The number of rotatable bonds is 4. The molecule has 3 aromatic rings. The van der Waals surface area contributed by atoms with E-state index in [2.05, 4.69) is 77.7 Å². The molecule has 1 heterocycles. The lowest BCUT2D eigenvalue weighted by atomic mass is 9.92. The molecular formula is C22H23NO. The van der Waals surface area contributed by atoms with Gasteiger partial charge in [-0.3, -0.25) is 4.90 Å². The van der Waals surface area contributed by atoms with E-state index < -0.39 is 0 Å². The van der Waals surface area contributed by atoms with Gasteiger partial charge in [-0.25, -0.2) is 0 Å². The highest BCUT2D eigenvalue weighted by molar-refractivity contribution is 5.86. The van der Waals surface area contributed by atoms with Crippen LogP contribution in [0.25, 0.3) is 10.8 Å². The predicted molar refractivity (Wildman–Crippen MR) is 99.2 cm³/mol. The molecule has 2 nitrogen and oxygen atoms in total. The molecule has 0 aromatic heterocycles. The highest BCUT2D eigenvalue weighted by Crippen LogP contribution is 2.31. The van der Waals surface area contributed by atoms with Crippen molar-refractivity contribution in [3.63, 3.8) is 0 Å². The molecule has 0 spiro atoms. The Morgan fingerprint density at radius 3 is 2.33 bits per heavy atom. The zero-order valence-electron chi connectivity index (χ0n) is 13.9. The van der Waals surface area contributed by atoms with Crippen LogP contribution in [0.3, 0.4) is 0 Å². The summed E-state index contributed by atoms with van der Waals surface area (Å²) in [5.74, 6) is 0. The van der Waals surface area contributed by atoms with E-state index in [1.807, 2.05) is 0 Å². The van der Waals surface area contributed by atoms with E-state index in [0.29, 0.717) is 6.04 Å². The van der Waals surface area contributed by atoms with Crippen LogP contribution >= 0.6 is 0 Å². The van der Waals surface area contributed by atoms with Gasteiger partial charge in [0.05, 0.1) is 13.2 Å². The summed E-state index contributed by atoms with van der Waals surface area (Å²) in [6.45, 7) is 3.66. The third kappa shape index (κ3) is 3.21. The second kappa shape index (κ2) is 7.16. The number of nitrogens with zero attached hydrogens (tertiary/aromatic N) is 1. The van der Waals surface area contributed by atoms with Gasteiger partial charge in [0.25, 0.3) is 0 Å². The van der Waals surface area contributed by atoms with Crippen molar-refractivity contribution < 1.29 is 4.74 Å². The quantitative estimate of drug-likeness (QED) is 0.704. The first-order valence-corrected chi connectivity index (χ1v) is 8.75. The van der Waals surface area contributed by atoms with E-state index in [9.17, 15) is 0 Å². The van der Waals surface area contributed by atoms with Crippen molar-refractivity contribution in [2.24, 2.45) is 0 Å². The molecule has 4 rings (SSSR count). The lowest BCUT2D eigenvalue weighted by molar-refractivity contribution is 0.0164. The summed E-state index contributed by atoms with van der Waals surface area (Å²) in [5.41, 5.74) is 2.82. The molecule has 1 atom stereocenters. The van der Waals surface area contributed by atoms with Gasteiger partial charge in [-0.05, 0) is 28.3 Å². The van der Waals surface area contributed by atoms with Gasteiger partial charge >= 0.3 is 0 Å². The number of morpholine rings is 1. The normalized spacial score (nSPS) is 17.0. The molecule has 0 bridgehead atoms. The zero-order valence-corrected chi connectivity index (χ0v) is 13.9. The number of benzene rings is 3. The molecule has 1 fully saturated rings. The monoisotopic (exact) mass is 317 g/mol. The molecule has 1 saturated heterocycles. The molecule has 0 N–H and O–H groups in total. The van der Waals surface area contributed by atoms with Crippen LogP contribution in [0.1, 0.15) is 17.2 Å². The Morgan fingerprint density at radius 1 is 0.792 bits per heavy atom. The number of hydrogen-bond acceptors (Lipinski definition) is 2. The van der Waals surface area contributed by atoms with Crippen molar-refractivity contribution in [2.75, 3.05) is 26.3 Å². The Morgan fingerprint density at radius 2 is 1.50 bits per heavy atom. The number of fused-ring (bicyclic) bond motifs is 1. The first-order valence-electron chi connectivity index (χ1n) is 8.75. The Bertz CT molecular complexity index is 788. The van der Waals surface area contributed by atoms with Crippen molar-refractivity contribution in [1.29, 1.82) is 0 Å². The third-order valence-electron chi connectivity index (χ3n) is 4.94. The minimum atomic E-state index is 0.391. The van der Waals surface area contributed by atoms with E-state index in [0.717, 1.165) is 32.7 Å². The van der Waals surface area contributed by atoms with E-state index in [1.165, 1.54) is 21.9 Å². The highest BCUT2D eigenvalue weighted by atomic mass is 16.5. The fraction of sp³-hybridized carbons (Fsp3) is 0.273. The summed E-state index contributed by atoms with van der Waals surface area (Å²) in [6.07, 6.45) is 1.04. The zero-order chi connectivity index (χ0) is 16.2. The molecule has 122 valence electrons. The lowest BCUT2D eigenvalue weighted by Gasteiger charge is -2.35. The van der Waals surface area contributed by atoms with Crippen molar-refractivity contribution >= 4 is 10.8 Å². The van der Waals surface area contributed by atoms with Gasteiger partial charge in [-0.1, -0.05) is 72.8 Å². The summed E-state index contributed by atoms with van der Waals surface area (Å²) < 4.78 is 5.58. The van der Waals surface area contributed by atoms with Crippen LogP contribution < -0.4 is 0 Å². The van der Waals surface area contributed by atoms with Crippen LogP contribution in [0, 0.1) is 0 Å². The first kappa shape index (κ1) is 15.4. The van der Waals surface area contributed by atoms with Crippen LogP contribution in [-0.4, -0.2) is 31.2 Å². The van der Waals surface area contributed by atoms with Crippen molar-refractivity contribution in [1.82, 2.24) is 4.90 Å². The van der Waals surface area contributed by atoms with Crippen molar-refractivity contribution in [3.05, 3.63) is 83.9 Å². The van der Waals surface area contributed by atoms with E-state index in [-0.39, 0.29) is 0 Å². The second-order valence-electron chi connectivity index (χ2n) is 6.42. The Labute approximate surface area is 143 Å². The van der Waals surface area contributed by atoms with Gasteiger partial charge in [-0.2, -0.15) is 0 Å². The fourth-order valence-corrected chi connectivity index (χ4v) is 3.70. The molecule has 1 aliphatic rings. The molecule has 24 heavy (non-hydrogen) atoms. The lowest BCUT2D eigenvalue weighted by Crippen LogP contribution is -2.40. The smallest absolute Gasteiger partial charge is 0.0594 e. The van der Waals surface area contributed by atoms with E-state index in [1.54, 1.807) is 0 Å². The van der Waals surface area contributed by atoms with Gasteiger partial charge in [0, 0.05) is 19.1 Å². The molecule has 1 aliphatic heterocycles. The molecule has 0 saturated carbocycles. The van der Waals surface area contributed by atoms with Crippen LogP contribution in [0.5, 0.6) is 0 Å². The Balaban J connectivity index is 1.76. The molecule has 0 unspecified atom stereocenters. The average Bonchev–Trinajstić information content (AvgIpc) is 2.67. The van der Waals surface area contributed by atoms with Crippen LogP contribution in [0.4, 0.5) is 0 Å². The maximum absolute atomic E-state index is 5.58. The minimum Gasteiger partial charge on any atom is -0.379 e. The van der Waals surface area contributed by atoms with Gasteiger partial charge in [0.15, 0.2) is 0 Å². The van der Waals surface area contributed by atoms with Gasteiger partial charge < -0.3 is 4.74 Å². The molecule has 2 heteroatoms. The summed E-state index contributed by atoms with van der Waals surface area (Å²) in [5, 5.41) is 2.69. The summed E-state index contributed by atoms with van der Waals surface area (Å²) in [6, 6.07) is 26.6. The molecule has 0 aliphatic carbocycles. The van der Waals surface area contributed by atoms with Gasteiger partial charge in [0.2, 0.25) is 0 Å². The third-order valence-corrected chi connectivity index (χ3v) is 4.94. The fourth-order valence-electron chi connectivity index (χ4n) is 3.70. The Hall–Kier alpha value is -2.16.